The summed E-state index contributed by atoms with van der Waals surface area (Å²) in [6.45, 7) is 6.55. The van der Waals surface area contributed by atoms with Gasteiger partial charge < -0.3 is 10.1 Å². The predicted molar refractivity (Wildman–Crippen MR) is 95.4 cm³/mol. The van der Waals surface area contributed by atoms with E-state index in [1.807, 2.05) is 11.3 Å². The Bertz CT molecular complexity index is 736. The van der Waals surface area contributed by atoms with Crippen molar-refractivity contribution in [2.45, 2.75) is 19.6 Å². The maximum Gasteiger partial charge on any atom is 0.252 e. The summed E-state index contributed by atoms with van der Waals surface area (Å²) < 4.78 is 5.99. The summed E-state index contributed by atoms with van der Waals surface area (Å²) in [5.74, 6) is 0.776. The lowest BCUT2D eigenvalue weighted by Crippen LogP contribution is -2.34. The maximum absolute atomic E-state index is 12.2. The molecule has 4 rings (SSSR count). The predicted octanol–water partition coefficient (Wildman–Crippen LogP) is 1.72. The lowest BCUT2D eigenvalue weighted by Gasteiger charge is -2.19. The molecular weight excluding hydrogens is 336 g/mol. The first-order valence-corrected chi connectivity index (χ1v) is 9.45. The van der Waals surface area contributed by atoms with Crippen LogP contribution >= 0.6 is 11.3 Å². The van der Waals surface area contributed by atoms with E-state index in [4.69, 9.17) is 4.74 Å². The van der Waals surface area contributed by atoms with Crippen LogP contribution in [0, 0.1) is 18.8 Å². The van der Waals surface area contributed by atoms with Crippen LogP contribution in [0.5, 0.6) is 0 Å². The fourth-order valence-electron chi connectivity index (χ4n) is 3.76. The molecule has 2 aromatic heterocycles. The van der Waals surface area contributed by atoms with Gasteiger partial charge in [0, 0.05) is 47.8 Å². The van der Waals surface area contributed by atoms with Crippen molar-refractivity contribution in [2.75, 3.05) is 26.2 Å². The molecular formula is C18H22N4O2S. The Labute approximate surface area is 151 Å². The van der Waals surface area contributed by atoms with E-state index in [1.165, 1.54) is 22.1 Å². The van der Waals surface area contributed by atoms with Crippen molar-refractivity contribution in [3.8, 4) is 0 Å². The largest absolute Gasteiger partial charge is 0.376 e. The van der Waals surface area contributed by atoms with E-state index >= 15 is 0 Å². The average Bonchev–Trinajstić information content (AvgIpc) is 3.30. The minimum atomic E-state index is -0.0951. The van der Waals surface area contributed by atoms with E-state index < -0.39 is 0 Å². The number of carbonyl (C=O) groups is 1. The van der Waals surface area contributed by atoms with Crippen molar-refractivity contribution in [1.29, 1.82) is 0 Å². The zero-order valence-corrected chi connectivity index (χ0v) is 15.0. The maximum atomic E-state index is 12.2. The van der Waals surface area contributed by atoms with Gasteiger partial charge >= 0.3 is 0 Å². The molecule has 0 aromatic carbocycles. The first kappa shape index (κ1) is 16.6. The Morgan fingerprint density at radius 2 is 2.28 bits per heavy atom. The second kappa shape index (κ2) is 7.19. The summed E-state index contributed by atoms with van der Waals surface area (Å²) >= 11 is 1.86. The Kier molecular flexibility index (Phi) is 4.78. The van der Waals surface area contributed by atoms with Gasteiger partial charge in [-0.05, 0) is 25.1 Å². The number of hydrogen-bond donors (Lipinski definition) is 1. The molecule has 1 amide bonds. The second-order valence-corrected chi connectivity index (χ2v) is 8.22. The standard InChI is InChI=1S/C18H22N4O2S/c1-12-2-3-15(25-12)8-22-9-16-14(11-24-17(16)10-22)6-19-18(23)13-4-5-20-21-7-13/h2-5,7,14,16-17H,6,8-11H2,1H3,(H,19,23)/t14-,16+,17+/m1/s1. The number of thiophene rings is 1. The van der Waals surface area contributed by atoms with Crippen molar-refractivity contribution in [1.82, 2.24) is 20.4 Å². The third kappa shape index (κ3) is 3.73. The summed E-state index contributed by atoms with van der Waals surface area (Å²) in [6.07, 6.45) is 3.32. The van der Waals surface area contributed by atoms with Gasteiger partial charge in [0.2, 0.25) is 0 Å². The highest BCUT2D eigenvalue weighted by Crippen LogP contribution is 2.34. The number of amides is 1. The zero-order valence-electron chi connectivity index (χ0n) is 14.2. The normalized spacial score (nSPS) is 25.9. The molecule has 0 saturated carbocycles. The quantitative estimate of drug-likeness (QED) is 0.882. The molecule has 0 spiro atoms. The van der Waals surface area contributed by atoms with Crippen LogP contribution < -0.4 is 5.32 Å². The number of aromatic nitrogens is 2. The molecule has 0 aliphatic carbocycles. The van der Waals surface area contributed by atoms with Gasteiger partial charge in [-0.2, -0.15) is 10.2 Å². The van der Waals surface area contributed by atoms with E-state index in [0.717, 1.165) is 26.2 Å². The molecule has 0 unspecified atom stereocenters. The summed E-state index contributed by atoms with van der Waals surface area (Å²) in [7, 11) is 0. The molecule has 2 fully saturated rings. The molecule has 132 valence electrons. The number of carbonyl (C=O) groups excluding carboxylic acids is 1. The van der Waals surface area contributed by atoms with Gasteiger partial charge in [-0.25, -0.2) is 0 Å². The lowest BCUT2D eigenvalue weighted by atomic mass is 9.93. The van der Waals surface area contributed by atoms with Crippen LogP contribution in [-0.2, 0) is 11.3 Å². The highest BCUT2D eigenvalue weighted by Gasteiger charge is 2.43. The number of rotatable bonds is 5. The van der Waals surface area contributed by atoms with Gasteiger partial charge in [0.05, 0.1) is 30.7 Å². The average molecular weight is 358 g/mol. The van der Waals surface area contributed by atoms with Gasteiger partial charge in [0.25, 0.3) is 5.91 Å². The highest BCUT2D eigenvalue weighted by molar-refractivity contribution is 7.11. The van der Waals surface area contributed by atoms with Gasteiger partial charge in [-0.3, -0.25) is 9.69 Å². The van der Waals surface area contributed by atoms with Gasteiger partial charge in [-0.15, -0.1) is 11.3 Å². The van der Waals surface area contributed by atoms with Crippen LogP contribution in [0.25, 0.3) is 0 Å². The Morgan fingerprint density at radius 1 is 1.36 bits per heavy atom. The van der Waals surface area contributed by atoms with Crippen LogP contribution in [-0.4, -0.2) is 53.3 Å². The lowest BCUT2D eigenvalue weighted by molar-refractivity contribution is 0.0904. The second-order valence-electron chi connectivity index (χ2n) is 6.84. The highest BCUT2D eigenvalue weighted by atomic mass is 32.1. The van der Waals surface area contributed by atoms with Gasteiger partial charge in [0.1, 0.15) is 0 Å². The third-order valence-electron chi connectivity index (χ3n) is 5.06. The molecule has 1 N–H and O–H groups in total. The van der Waals surface area contributed by atoms with Crippen LogP contribution in [0.15, 0.2) is 30.6 Å². The number of aryl methyl sites for hydroxylation is 1. The molecule has 2 aliphatic heterocycles. The Morgan fingerprint density at radius 3 is 3.04 bits per heavy atom. The van der Waals surface area contributed by atoms with Gasteiger partial charge in [0.15, 0.2) is 0 Å². The SMILES string of the molecule is Cc1ccc(CN2C[C@H]3[C@H](CNC(=O)c4ccnnc4)CO[C@H]3C2)s1. The molecule has 3 atom stereocenters. The number of ether oxygens (including phenoxy) is 1. The van der Waals surface area contributed by atoms with E-state index in [0.29, 0.717) is 30.0 Å². The van der Waals surface area contributed by atoms with Crippen molar-refractivity contribution < 1.29 is 9.53 Å². The Balaban J connectivity index is 1.30. The van der Waals surface area contributed by atoms with Crippen LogP contribution in [0.2, 0.25) is 0 Å². The Hall–Kier alpha value is -1.83. The molecule has 4 heterocycles. The molecule has 2 saturated heterocycles. The molecule has 7 heteroatoms. The van der Waals surface area contributed by atoms with Crippen LogP contribution in [0.1, 0.15) is 20.1 Å². The van der Waals surface area contributed by atoms with Crippen molar-refractivity contribution in [2.24, 2.45) is 11.8 Å². The molecule has 6 nitrogen and oxygen atoms in total. The minimum absolute atomic E-state index is 0.0951. The van der Waals surface area contributed by atoms with E-state index in [1.54, 1.807) is 6.07 Å². The zero-order chi connectivity index (χ0) is 17.2. The number of nitrogens with one attached hydrogen (secondary N) is 1. The molecule has 0 bridgehead atoms. The van der Waals surface area contributed by atoms with Crippen molar-refractivity contribution in [3.05, 3.63) is 45.9 Å². The number of fused-ring (bicyclic) bond motifs is 1. The smallest absolute Gasteiger partial charge is 0.252 e. The molecule has 2 aromatic rings. The number of hydrogen-bond acceptors (Lipinski definition) is 6. The fourth-order valence-corrected chi connectivity index (χ4v) is 4.69. The first-order valence-electron chi connectivity index (χ1n) is 8.63. The van der Waals surface area contributed by atoms with Crippen LogP contribution in [0.4, 0.5) is 0 Å². The number of likely N-dealkylation sites (tertiary alicyclic amines) is 1. The molecule has 2 aliphatic rings. The van der Waals surface area contributed by atoms with Crippen LogP contribution in [0.3, 0.4) is 0 Å². The fraction of sp³-hybridized carbons (Fsp3) is 0.500. The first-order chi connectivity index (χ1) is 12.2. The van der Waals surface area contributed by atoms with E-state index in [-0.39, 0.29) is 5.91 Å². The topological polar surface area (TPSA) is 67.4 Å². The van der Waals surface area contributed by atoms with Crippen molar-refractivity contribution >= 4 is 17.2 Å². The monoisotopic (exact) mass is 358 g/mol. The molecule has 0 radical (unpaired) electrons. The third-order valence-corrected chi connectivity index (χ3v) is 6.05. The summed E-state index contributed by atoms with van der Waals surface area (Å²) in [6, 6.07) is 6.08. The van der Waals surface area contributed by atoms with Crippen molar-refractivity contribution in [3.63, 3.8) is 0 Å². The summed E-state index contributed by atoms with van der Waals surface area (Å²) in [4.78, 5) is 17.4. The molecule has 25 heavy (non-hydrogen) atoms. The summed E-state index contributed by atoms with van der Waals surface area (Å²) in [5, 5.41) is 10.5. The van der Waals surface area contributed by atoms with E-state index in [2.05, 4.69) is 39.5 Å². The number of nitrogens with zero attached hydrogens (tertiary/aromatic N) is 3. The van der Waals surface area contributed by atoms with Gasteiger partial charge in [-0.1, -0.05) is 0 Å². The van der Waals surface area contributed by atoms with E-state index in [9.17, 15) is 4.79 Å². The summed E-state index contributed by atoms with van der Waals surface area (Å²) in [5.41, 5.74) is 0.548. The minimum Gasteiger partial charge on any atom is -0.376 e.